The van der Waals surface area contributed by atoms with Crippen LogP contribution >= 0.6 is 0 Å². The number of hydrogen-bond acceptors (Lipinski definition) is 3. The second-order valence-electron chi connectivity index (χ2n) is 5.79. The predicted octanol–water partition coefficient (Wildman–Crippen LogP) is 4.92. The molecule has 1 heterocycles. The quantitative estimate of drug-likeness (QED) is 0.647. The molecular weight excluding hydrogens is 282 g/mol. The maximum absolute atomic E-state index is 4.67. The third-order valence-corrected chi connectivity index (χ3v) is 3.97. The van der Waals surface area contributed by atoms with Gasteiger partial charge >= 0.3 is 0 Å². The maximum Gasteiger partial charge on any atom is 0.159 e. The van der Waals surface area contributed by atoms with Crippen LogP contribution in [0.5, 0.6) is 0 Å². The number of hydrogen-bond donors (Lipinski definition) is 0. The molecule has 118 valence electrons. The Hall–Kier alpha value is -2.42. The highest BCUT2D eigenvalue weighted by Gasteiger charge is 2.07. The van der Waals surface area contributed by atoms with Gasteiger partial charge in [-0.1, -0.05) is 32.0 Å². The van der Waals surface area contributed by atoms with Crippen LogP contribution in [0, 0.1) is 0 Å². The topological polar surface area (TPSA) is 29.0 Å². The zero-order chi connectivity index (χ0) is 16.1. The Morgan fingerprint density at radius 3 is 2.26 bits per heavy atom. The Balaban J connectivity index is 1.88. The van der Waals surface area contributed by atoms with Gasteiger partial charge in [0.15, 0.2) is 5.82 Å². The number of benzene rings is 2. The number of rotatable bonds is 6. The summed E-state index contributed by atoms with van der Waals surface area (Å²) in [6.07, 6.45) is 4.22. The molecule has 0 aliphatic carbocycles. The molecule has 2 aromatic carbocycles. The Bertz CT molecular complexity index is 759. The minimum atomic E-state index is 0.785. The molecule has 3 aromatic rings. The average molecular weight is 305 g/mol. The van der Waals surface area contributed by atoms with E-state index < -0.39 is 0 Å². The zero-order valence-corrected chi connectivity index (χ0v) is 13.9. The SMILES string of the molecule is CCCN(CCC)c1ccc(-c2ncc3ccccc3n2)cc1. The largest absolute Gasteiger partial charge is 0.372 e. The Labute approximate surface area is 138 Å². The van der Waals surface area contributed by atoms with E-state index in [9.17, 15) is 0 Å². The Morgan fingerprint density at radius 2 is 1.57 bits per heavy atom. The highest BCUT2D eigenvalue weighted by atomic mass is 15.1. The Morgan fingerprint density at radius 1 is 0.870 bits per heavy atom. The lowest BCUT2D eigenvalue weighted by Crippen LogP contribution is -2.24. The van der Waals surface area contributed by atoms with E-state index in [1.807, 2.05) is 30.5 Å². The van der Waals surface area contributed by atoms with Gasteiger partial charge in [0, 0.05) is 35.9 Å². The number of aromatic nitrogens is 2. The van der Waals surface area contributed by atoms with Gasteiger partial charge in [0.2, 0.25) is 0 Å². The van der Waals surface area contributed by atoms with Crippen molar-refractivity contribution in [3.63, 3.8) is 0 Å². The summed E-state index contributed by atoms with van der Waals surface area (Å²) in [7, 11) is 0. The van der Waals surface area contributed by atoms with Crippen molar-refractivity contribution in [2.45, 2.75) is 26.7 Å². The van der Waals surface area contributed by atoms with Gasteiger partial charge in [-0.05, 0) is 43.2 Å². The van der Waals surface area contributed by atoms with Crippen molar-refractivity contribution in [3.05, 3.63) is 54.7 Å². The molecule has 0 aliphatic rings. The van der Waals surface area contributed by atoms with Gasteiger partial charge in [-0.2, -0.15) is 0 Å². The molecule has 0 unspecified atom stereocenters. The van der Waals surface area contributed by atoms with Crippen molar-refractivity contribution in [1.29, 1.82) is 0 Å². The van der Waals surface area contributed by atoms with Crippen molar-refractivity contribution in [1.82, 2.24) is 9.97 Å². The van der Waals surface area contributed by atoms with E-state index in [4.69, 9.17) is 0 Å². The van der Waals surface area contributed by atoms with Crippen molar-refractivity contribution >= 4 is 16.6 Å². The van der Waals surface area contributed by atoms with Gasteiger partial charge < -0.3 is 4.90 Å². The molecule has 0 radical (unpaired) electrons. The first kappa shape index (κ1) is 15.5. The van der Waals surface area contributed by atoms with Crippen LogP contribution in [0.4, 0.5) is 5.69 Å². The molecule has 0 amide bonds. The minimum Gasteiger partial charge on any atom is -0.372 e. The number of para-hydroxylation sites is 1. The predicted molar refractivity (Wildman–Crippen MR) is 97.8 cm³/mol. The molecule has 23 heavy (non-hydrogen) atoms. The lowest BCUT2D eigenvalue weighted by atomic mass is 10.1. The van der Waals surface area contributed by atoms with Crippen LogP contribution in [-0.4, -0.2) is 23.1 Å². The van der Waals surface area contributed by atoms with Crippen molar-refractivity contribution < 1.29 is 0 Å². The van der Waals surface area contributed by atoms with Crippen LogP contribution in [0.2, 0.25) is 0 Å². The van der Waals surface area contributed by atoms with Crippen molar-refractivity contribution in [3.8, 4) is 11.4 Å². The van der Waals surface area contributed by atoms with E-state index in [1.165, 1.54) is 5.69 Å². The van der Waals surface area contributed by atoms with Crippen LogP contribution in [0.25, 0.3) is 22.3 Å². The molecular formula is C20H23N3. The first-order valence-corrected chi connectivity index (χ1v) is 8.39. The molecule has 0 aliphatic heterocycles. The zero-order valence-electron chi connectivity index (χ0n) is 13.9. The molecule has 3 rings (SSSR count). The first-order chi connectivity index (χ1) is 11.3. The van der Waals surface area contributed by atoms with Gasteiger partial charge in [0.1, 0.15) is 0 Å². The van der Waals surface area contributed by atoms with Crippen LogP contribution in [0.3, 0.4) is 0 Å². The lowest BCUT2D eigenvalue weighted by molar-refractivity contribution is 0.745. The van der Waals surface area contributed by atoms with Crippen molar-refractivity contribution in [2.24, 2.45) is 0 Å². The van der Waals surface area contributed by atoms with Gasteiger partial charge in [-0.3, -0.25) is 0 Å². The third-order valence-electron chi connectivity index (χ3n) is 3.97. The average Bonchev–Trinajstić information content (AvgIpc) is 2.61. The molecule has 0 saturated heterocycles. The second-order valence-corrected chi connectivity index (χ2v) is 5.79. The smallest absolute Gasteiger partial charge is 0.159 e. The molecule has 0 fully saturated rings. The molecule has 0 bridgehead atoms. The Kier molecular flexibility index (Phi) is 4.86. The molecule has 1 aromatic heterocycles. The normalized spacial score (nSPS) is 10.9. The second kappa shape index (κ2) is 7.23. The van der Waals surface area contributed by atoms with Crippen LogP contribution in [-0.2, 0) is 0 Å². The van der Waals surface area contributed by atoms with Gasteiger partial charge in [-0.25, -0.2) is 9.97 Å². The number of nitrogens with zero attached hydrogens (tertiary/aromatic N) is 3. The monoisotopic (exact) mass is 305 g/mol. The fourth-order valence-corrected chi connectivity index (χ4v) is 2.84. The summed E-state index contributed by atoms with van der Waals surface area (Å²) in [5.74, 6) is 0.785. The van der Waals surface area contributed by atoms with E-state index in [1.54, 1.807) is 0 Å². The summed E-state index contributed by atoms with van der Waals surface area (Å²) in [6, 6.07) is 16.7. The molecule has 0 N–H and O–H groups in total. The lowest BCUT2D eigenvalue weighted by Gasteiger charge is -2.23. The highest BCUT2D eigenvalue weighted by Crippen LogP contribution is 2.22. The summed E-state index contributed by atoms with van der Waals surface area (Å²) in [5, 5.41) is 1.07. The molecule has 0 atom stereocenters. The summed E-state index contributed by atoms with van der Waals surface area (Å²) in [5.41, 5.74) is 3.32. The van der Waals surface area contributed by atoms with Crippen LogP contribution in [0.15, 0.2) is 54.7 Å². The van der Waals surface area contributed by atoms with Crippen LogP contribution in [0.1, 0.15) is 26.7 Å². The fraction of sp³-hybridized carbons (Fsp3) is 0.300. The fourth-order valence-electron chi connectivity index (χ4n) is 2.84. The van der Waals surface area contributed by atoms with E-state index in [0.29, 0.717) is 0 Å². The highest BCUT2D eigenvalue weighted by molar-refractivity contribution is 5.79. The molecule has 3 heteroatoms. The standard InChI is InChI=1S/C20H23N3/c1-3-13-23(14-4-2)18-11-9-16(10-12-18)20-21-15-17-7-5-6-8-19(17)22-20/h5-12,15H,3-4,13-14H2,1-2H3. The number of fused-ring (bicyclic) bond motifs is 1. The van der Waals surface area contributed by atoms with E-state index in [2.05, 4.69) is 53.0 Å². The minimum absolute atomic E-state index is 0.785. The van der Waals surface area contributed by atoms with Crippen molar-refractivity contribution in [2.75, 3.05) is 18.0 Å². The van der Waals surface area contributed by atoms with Gasteiger partial charge in [0.25, 0.3) is 0 Å². The van der Waals surface area contributed by atoms with Gasteiger partial charge in [0.05, 0.1) is 5.52 Å². The van der Waals surface area contributed by atoms with Crippen LogP contribution < -0.4 is 4.90 Å². The van der Waals surface area contributed by atoms with E-state index in [-0.39, 0.29) is 0 Å². The summed E-state index contributed by atoms with van der Waals surface area (Å²) < 4.78 is 0. The van der Waals surface area contributed by atoms with Gasteiger partial charge in [-0.15, -0.1) is 0 Å². The van der Waals surface area contributed by atoms with E-state index >= 15 is 0 Å². The first-order valence-electron chi connectivity index (χ1n) is 8.39. The summed E-state index contributed by atoms with van der Waals surface area (Å²) in [6.45, 7) is 6.64. The molecule has 3 nitrogen and oxygen atoms in total. The molecule has 0 saturated carbocycles. The summed E-state index contributed by atoms with van der Waals surface area (Å²) in [4.78, 5) is 11.6. The molecule has 0 spiro atoms. The maximum atomic E-state index is 4.67. The summed E-state index contributed by atoms with van der Waals surface area (Å²) >= 11 is 0. The van der Waals surface area contributed by atoms with E-state index in [0.717, 1.165) is 48.2 Å². The number of anilines is 1. The third kappa shape index (κ3) is 3.50.